The summed E-state index contributed by atoms with van der Waals surface area (Å²) >= 11 is 0.980. The Balaban J connectivity index is 1.60. The van der Waals surface area contributed by atoms with E-state index in [0.29, 0.717) is 11.4 Å². The minimum absolute atomic E-state index is 0.00692. The van der Waals surface area contributed by atoms with Crippen LogP contribution in [0.15, 0.2) is 35.4 Å². The van der Waals surface area contributed by atoms with Crippen LogP contribution in [0.3, 0.4) is 0 Å². The average molecular weight is 412 g/mol. The number of nitrogens with one attached hydrogen (secondary N) is 1. The van der Waals surface area contributed by atoms with Crippen LogP contribution >= 0.6 is 11.8 Å². The molecule has 3 amide bonds. The Hall–Kier alpha value is -2.54. The second-order valence-corrected chi connectivity index (χ2v) is 8.60. The lowest BCUT2D eigenvalue weighted by Gasteiger charge is -2.12. The maximum atomic E-state index is 12.6. The molecule has 2 aliphatic rings. The number of aromatic nitrogens is 1. The summed E-state index contributed by atoms with van der Waals surface area (Å²) in [7, 11) is 0. The molecule has 0 spiro atoms. The monoisotopic (exact) mass is 411 g/mol. The number of carbonyl (C=O) groups is 3. The number of hydrogen-bond acceptors (Lipinski definition) is 4. The smallest absolute Gasteiger partial charge is 0.293 e. The Morgan fingerprint density at radius 2 is 2.00 bits per heavy atom. The van der Waals surface area contributed by atoms with Gasteiger partial charge < -0.3 is 9.88 Å². The minimum Gasteiger partial charge on any atom is -0.352 e. The molecule has 2 aromatic rings. The van der Waals surface area contributed by atoms with E-state index in [4.69, 9.17) is 0 Å². The quantitative estimate of drug-likeness (QED) is 0.725. The van der Waals surface area contributed by atoms with Crippen molar-refractivity contribution < 1.29 is 14.4 Å². The molecule has 7 heteroatoms. The summed E-state index contributed by atoms with van der Waals surface area (Å²) in [5.74, 6) is -0.231. The molecule has 0 radical (unpaired) electrons. The summed E-state index contributed by atoms with van der Waals surface area (Å²) in [6.07, 6.45) is 8.86. The predicted octanol–water partition coefficient (Wildman–Crippen LogP) is 4.15. The second-order valence-electron chi connectivity index (χ2n) is 7.61. The van der Waals surface area contributed by atoms with E-state index >= 15 is 0 Å². The number of hydrogen-bond donors (Lipinski definition) is 1. The number of rotatable bonds is 6. The number of fused-ring (bicyclic) bond motifs is 1. The Morgan fingerprint density at radius 3 is 2.76 bits per heavy atom. The van der Waals surface area contributed by atoms with Crippen molar-refractivity contribution >= 4 is 45.8 Å². The SMILES string of the molecule is CCCN1C(=O)S/C(=C\c2cn(CC(=O)NC3CCCC3)c3ccccc23)C1=O. The summed E-state index contributed by atoms with van der Waals surface area (Å²) in [6.45, 7) is 2.62. The molecule has 152 valence electrons. The third kappa shape index (κ3) is 4.10. The molecular weight excluding hydrogens is 386 g/mol. The van der Waals surface area contributed by atoms with Gasteiger partial charge in [-0.1, -0.05) is 38.0 Å². The van der Waals surface area contributed by atoms with Gasteiger partial charge >= 0.3 is 0 Å². The molecule has 29 heavy (non-hydrogen) atoms. The van der Waals surface area contributed by atoms with E-state index in [1.807, 2.05) is 42.0 Å². The van der Waals surface area contributed by atoms with Gasteiger partial charge in [-0.05, 0) is 43.2 Å². The van der Waals surface area contributed by atoms with Crippen molar-refractivity contribution in [1.29, 1.82) is 0 Å². The standard InChI is InChI=1S/C22H25N3O3S/c1-2-11-25-21(27)19(29-22(25)28)12-15-13-24(18-10-6-5-9-17(15)18)14-20(26)23-16-7-3-4-8-16/h5-6,9-10,12-13,16H,2-4,7-8,11,14H2,1H3,(H,23,26)/b19-12-. The van der Waals surface area contributed by atoms with E-state index in [0.717, 1.165) is 47.5 Å². The van der Waals surface area contributed by atoms with Crippen molar-refractivity contribution in [3.8, 4) is 0 Å². The van der Waals surface area contributed by atoms with E-state index in [9.17, 15) is 14.4 Å². The maximum Gasteiger partial charge on any atom is 0.293 e. The van der Waals surface area contributed by atoms with Crippen LogP contribution in [0, 0.1) is 0 Å². The van der Waals surface area contributed by atoms with Crippen LogP contribution in [0.25, 0.3) is 17.0 Å². The highest BCUT2D eigenvalue weighted by Crippen LogP contribution is 2.34. The van der Waals surface area contributed by atoms with E-state index in [2.05, 4.69) is 5.32 Å². The lowest BCUT2D eigenvalue weighted by molar-refractivity contribution is -0.123. The molecule has 1 saturated carbocycles. The van der Waals surface area contributed by atoms with Crippen LogP contribution in [0.2, 0.25) is 0 Å². The summed E-state index contributed by atoms with van der Waals surface area (Å²) in [4.78, 5) is 38.9. The maximum absolute atomic E-state index is 12.6. The van der Waals surface area contributed by atoms with Gasteiger partial charge in [0.1, 0.15) is 6.54 Å². The number of benzene rings is 1. The van der Waals surface area contributed by atoms with Crippen molar-refractivity contribution in [2.24, 2.45) is 0 Å². The van der Waals surface area contributed by atoms with Gasteiger partial charge in [0.2, 0.25) is 5.91 Å². The van der Waals surface area contributed by atoms with Crippen molar-refractivity contribution in [2.45, 2.75) is 51.6 Å². The van der Waals surface area contributed by atoms with Crippen molar-refractivity contribution in [3.05, 3.63) is 40.9 Å². The van der Waals surface area contributed by atoms with Crippen LogP contribution in [0.1, 0.15) is 44.6 Å². The van der Waals surface area contributed by atoms with Crippen molar-refractivity contribution in [3.63, 3.8) is 0 Å². The topological polar surface area (TPSA) is 71.4 Å². The molecule has 4 rings (SSSR count). The molecule has 1 N–H and O–H groups in total. The fourth-order valence-corrected chi connectivity index (χ4v) is 4.93. The number of amides is 3. The van der Waals surface area contributed by atoms with Gasteiger partial charge in [0.15, 0.2) is 0 Å². The summed E-state index contributed by atoms with van der Waals surface area (Å²) in [6, 6.07) is 8.10. The Morgan fingerprint density at radius 1 is 1.24 bits per heavy atom. The van der Waals surface area contributed by atoms with Crippen molar-refractivity contribution in [2.75, 3.05) is 6.54 Å². The van der Waals surface area contributed by atoms with Crippen molar-refractivity contribution in [1.82, 2.24) is 14.8 Å². The number of nitrogens with zero attached hydrogens (tertiary/aromatic N) is 2. The number of thioether (sulfide) groups is 1. The Labute approximate surface area is 174 Å². The Bertz CT molecular complexity index is 988. The predicted molar refractivity (Wildman–Crippen MR) is 115 cm³/mol. The van der Waals surface area contributed by atoms with Crippen LogP contribution in [0.4, 0.5) is 4.79 Å². The molecule has 2 fully saturated rings. The van der Waals surface area contributed by atoms with E-state index in [-0.39, 0.29) is 29.6 Å². The van der Waals surface area contributed by atoms with Gasteiger partial charge in [0.05, 0.1) is 4.91 Å². The molecule has 1 saturated heterocycles. The molecule has 0 bridgehead atoms. The first-order chi connectivity index (χ1) is 14.1. The third-order valence-electron chi connectivity index (χ3n) is 5.46. The van der Waals surface area contributed by atoms with Gasteiger partial charge in [0, 0.05) is 35.2 Å². The van der Waals surface area contributed by atoms with Crippen LogP contribution in [0.5, 0.6) is 0 Å². The first-order valence-corrected chi connectivity index (χ1v) is 11.0. The molecule has 1 aliphatic carbocycles. The van der Waals surface area contributed by atoms with Gasteiger partial charge in [0.25, 0.3) is 11.1 Å². The Kier molecular flexibility index (Phi) is 5.76. The molecule has 0 unspecified atom stereocenters. The first kappa shape index (κ1) is 19.8. The highest BCUT2D eigenvalue weighted by Gasteiger charge is 2.34. The highest BCUT2D eigenvalue weighted by atomic mass is 32.2. The number of imide groups is 1. The molecule has 2 heterocycles. The molecule has 1 aliphatic heterocycles. The number of carbonyl (C=O) groups excluding carboxylic acids is 3. The van der Waals surface area contributed by atoms with E-state index in [1.165, 1.54) is 17.7 Å². The van der Waals surface area contributed by atoms with Gasteiger partial charge in [-0.2, -0.15) is 0 Å². The summed E-state index contributed by atoms with van der Waals surface area (Å²) < 4.78 is 1.92. The lowest BCUT2D eigenvalue weighted by atomic mass is 10.1. The first-order valence-electron chi connectivity index (χ1n) is 10.2. The zero-order valence-corrected chi connectivity index (χ0v) is 17.3. The third-order valence-corrected chi connectivity index (χ3v) is 6.37. The van der Waals surface area contributed by atoms with Gasteiger partial charge in [-0.25, -0.2) is 0 Å². The fraction of sp³-hybridized carbons (Fsp3) is 0.409. The average Bonchev–Trinajstić information content (AvgIpc) is 3.39. The largest absolute Gasteiger partial charge is 0.352 e. The van der Waals surface area contributed by atoms with Gasteiger partial charge in [-0.15, -0.1) is 0 Å². The number of para-hydroxylation sites is 1. The minimum atomic E-state index is -0.238. The normalized spacial score (nSPS) is 19.1. The summed E-state index contributed by atoms with van der Waals surface area (Å²) in [5, 5.41) is 3.86. The summed E-state index contributed by atoms with van der Waals surface area (Å²) in [5.41, 5.74) is 1.78. The van der Waals surface area contributed by atoms with Crippen LogP contribution in [-0.2, 0) is 16.1 Å². The highest BCUT2D eigenvalue weighted by molar-refractivity contribution is 8.18. The molecule has 0 atom stereocenters. The molecule has 6 nitrogen and oxygen atoms in total. The zero-order valence-electron chi connectivity index (χ0n) is 16.5. The van der Waals surface area contributed by atoms with Crippen LogP contribution < -0.4 is 5.32 Å². The van der Waals surface area contributed by atoms with Crippen LogP contribution in [-0.4, -0.2) is 39.1 Å². The second kappa shape index (κ2) is 8.45. The van der Waals surface area contributed by atoms with E-state index in [1.54, 1.807) is 6.08 Å². The van der Waals surface area contributed by atoms with E-state index < -0.39 is 0 Å². The molecular formula is C22H25N3O3S. The molecule has 1 aromatic heterocycles. The van der Waals surface area contributed by atoms with Gasteiger partial charge in [-0.3, -0.25) is 19.3 Å². The fourth-order valence-electron chi connectivity index (χ4n) is 4.08. The zero-order chi connectivity index (χ0) is 20.4. The lowest BCUT2D eigenvalue weighted by Crippen LogP contribution is -2.35. The molecule has 1 aromatic carbocycles.